The number of rotatable bonds is 5. The first-order valence-corrected chi connectivity index (χ1v) is 7.41. The van der Waals surface area contributed by atoms with E-state index in [0.29, 0.717) is 5.75 Å². The molecule has 0 atom stereocenters. The molecular formula is C13H18N2O4S. The molecule has 2 amide bonds. The number of methoxy groups -OCH3 is 1. The van der Waals surface area contributed by atoms with Gasteiger partial charge in [-0.15, -0.1) is 0 Å². The number of carbonyl (C=O) groups excluding carboxylic acids is 1. The summed E-state index contributed by atoms with van der Waals surface area (Å²) in [6, 6.07) is 4.98. The maximum Gasteiger partial charge on any atom is 0.328 e. The van der Waals surface area contributed by atoms with Crippen LogP contribution in [0.4, 0.5) is 4.79 Å². The quantitative estimate of drug-likeness (QED) is 0.810. The van der Waals surface area contributed by atoms with Crippen molar-refractivity contribution < 1.29 is 17.9 Å². The number of amides is 2. The Labute approximate surface area is 118 Å². The summed E-state index contributed by atoms with van der Waals surface area (Å²) >= 11 is 0. The van der Waals surface area contributed by atoms with E-state index >= 15 is 0 Å². The van der Waals surface area contributed by atoms with Crippen LogP contribution in [0.5, 0.6) is 5.75 Å². The van der Waals surface area contributed by atoms with Crippen LogP contribution in [-0.4, -0.2) is 28.1 Å². The van der Waals surface area contributed by atoms with E-state index in [4.69, 9.17) is 4.74 Å². The van der Waals surface area contributed by atoms with E-state index in [0.717, 1.165) is 5.57 Å². The number of sulfonamides is 1. The van der Waals surface area contributed by atoms with E-state index in [1.807, 2.05) is 18.6 Å². The van der Waals surface area contributed by atoms with E-state index in [-0.39, 0.29) is 11.4 Å². The largest absolute Gasteiger partial charge is 0.497 e. The summed E-state index contributed by atoms with van der Waals surface area (Å²) in [5.74, 6) is 0.539. The molecule has 0 heterocycles. The minimum Gasteiger partial charge on any atom is -0.497 e. The zero-order chi connectivity index (χ0) is 15.2. The predicted octanol–water partition coefficient (Wildman–Crippen LogP) is 1.65. The SMILES string of the molecule is COc1ccc(S(=O)(=O)NC(=O)NCC=C(C)C)cc1. The van der Waals surface area contributed by atoms with Crippen molar-refractivity contribution in [2.45, 2.75) is 18.7 Å². The van der Waals surface area contributed by atoms with Gasteiger partial charge in [-0.1, -0.05) is 11.6 Å². The van der Waals surface area contributed by atoms with E-state index in [9.17, 15) is 13.2 Å². The average molecular weight is 298 g/mol. The molecule has 0 saturated carbocycles. The third-order valence-electron chi connectivity index (χ3n) is 2.37. The molecule has 1 rings (SSSR count). The summed E-state index contributed by atoms with van der Waals surface area (Å²) in [6.45, 7) is 4.04. The number of ether oxygens (including phenoxy) is 1. The second-order valence-corrected chi connectivity index (χ2v) is 5.95. The van der Waals surface area contributed by atoms with Crippen LogP contribution in [0.2, 0.25) is 0 Å². The monoisotopic (exact) mass is 298 g/mol. The summed E-state index contributed by atoms with van der Waals surface area (Å²) in [5.41, 5.74) is 1.03. The molecule has 0 bridgehead atoms. The lowest BCUT2D eigenvalue weighted by molar-refractivity contribution is 0.247. The molecule has 20 heavy (non-hydrogen) atoms. The Hall–Kier alpha value is -2.02. The molecule has 2 N–H and O–H groups in total. The van der Waals surface area contributed by atoms with Gasteiger partial charge in [0.25, 0.3) is 10.0 Å². The van der Waals surface area contributed by atoms with Gasteiger partial charge < -0.3 is 10.1 Å². The molecule has 1 aromatic rings. The summed E-state index contributed by atoms with van der Waals surface area (Å²) in [7, 11) is -2.39. The highest BCUT2D eigenvalue weighted by Gasteiger charge is 2.16. The van der Waals surface area contributed by atoms with Crippen molar-refractivity contribution in [1.82, 2.24) is 10.0 Å². The van der Waals surface area contributed by atoms with Crippen LogP contribution in [-0.2, 0) is 10.0 Å². The van der Waals surface area contributed by atoms with Gasteiger partial charge in [0.1, 0.15) is 5.75 Å². The summed E-state index contributed by atoms with van der Waals surface area (Å²) in [6.07, 6.45) is 1.78. The molecule has 7 heteroatoms. The number of carbonyl (C=O) groups is 1. The molecule has 0 fully saturated rings. The predicted molar refractivity (Wildman–Crippen MR) is 76.1 cm³/mol. The van der Waals surface area contributed by atoms with Gasteiger partial charge in [-0.3, -0.25) is 0 Å². The molecule has 0 aliphatic heterocycles. The molecule has 0 aliphatic carbocycles. The highest BCUT2D eigenvalue weighted by atomic mass is 32.2. The third kappa shape index (κ3) is 4.93. The minimum absolute atomic E-state index is 0.00401. The molecule has 0 spiro atoms. The fraction of sp³-hybridized carbons (Fsp3) is 0.308. The second kappa shape index (κ2) is 6.95. The molecule has 1 aromatic carbocycles. The molecule has 0 saturated heterocycles. The number of allylic oxidation sites excluding steroid dienone is 1. The van der Waals surface area contributed by atoms with Crippen molar-refractivity contribution in [3.05, 3.63) is 35.9 Å². The molecule has 0 unspecified atom stereocenters. The Morgan fingerprint density at radius 2 is 1.85 bits per heavy atom. The number of hydrogen-bond acceptors (Lipinski definition) is 4. The zero-order valence-corrected chi connectivity index (χ0v) is 12.5. The van der Waals surface area contributed by atoms with Crippen LogP contribution < -0.4 is 14.8 Å². The first kappa shape index (κ1) is 16.0. The lowest BCUT2D eigenvalue weighted by atomic mass is 10.3. The number of hydrogen-bond donors (Lipinski definition) is 2. The van der Waals surface area contributed by atoms with Crippen LogP contribution in [0.1, 0.15) is 13.8 Å². The third-order valence-corrected chi connectivity index (χ3v) is 3.72. The van der Waals surface area contributed by atoms with Crippen LogP contribution in [0, 0.1) is 0 Å². The zero-order valence-electron chi connectivity index (χ0n) is 11.6. The summed E-state index contributed by atoms with van der Waals surface area (Å²) in [4.78, 5) is 11.5. The van der Waals surface area contributed by atoms with Crippen LogP contribution in [0.3, 0.4) is 0 Å². The van der Waals surface area contributed by atoms with Gasteiger partial charge in [-0.25, -0.2) is 17.9 Å². The lowest BCUT2D eigenvalue weighted by Gasteiger charge is -2.08. The van der Waals surface area contributed by atoms with Crippen LogP contribution in [0.25, 0.3) is 0 Å². The van der Waals surface area contributed by atoms with Crippen molar-refractivity contribution in [3.63, 3.8) is 0 Å². The molecule has 0 aromatic heterocycles. The average Bonchev–Trinajstić information content (AvgIpc) is 2.37. The van der Waals surface area contributed by atoms with E-state index in [2.05, 4.69) is 5.32 Å². The highest BCUT2D eigenvalue weighted by Crippen LogP contribution is 2.15. The first-order valence-electron chi connectivity index (χ1n) is 5.93. The Balaban J connectivity index is 2.69. The maximum absolute atomic E-state index is 11.9. The molecule has 110 valence electrons. The number of nitrogens with one attached hydrogen (secondary N) is 2. The van der Waals surface area contributed by atoms with Crippen molar-refractivity contribution in [1.29, 1.82) is 0 Å². The Morgan fingerprint density at radius 1 is 1.25 bits per heavy atom. The fourth-order valence-electron chi connectivity index (χ4n) is 1.32. The minimum atomic E-state index is -3.87. The topological polar surface area (TPSA) is 84.5 Å². The van der Waals surface area contributed by atoms with Gasteiger partial charge in [0.15, 0.2) is 0 Å². The molecule has 0 aliphatic rings. The smallest absolute Gasteiger partial charge is 0.328 e. The molecule has 0 radical (unpaired) electrons. The van der Waals surface area contributed by atoms with Crippen molar-refractivity contribution >= 4 is 16.1 Å². The van der Waals surface area contributed by atoms with Gasteiger partial charge in [-0.2, -0.15) is 0 Å². The Morgan fingerprint density at radius 3 is 2.35 bits per heavy atom. The van der Waals surface area contributed by atoms with Crippen molar-refractivity contribution in [2.24, 2.45) is 0 Å². The molecule has 6 nitrogen and oxygen atoms in total. The Bertz CT molecular complexity index is 587. The highest BCUT2D eigenvalue weighted by molar-refractivity contribution is 7.90. The van der Waals surface area contributed by atoms with Gasteiger partial charge >= 0.3 is 6.03 Å². The fourth-order valence-corrected chi connectivity index (χ4v) is 2.25. The lowest BCUT2D eigenvalue weighted by Crippen LogP contribution is -2.39. The normalized spacial score (nSPS) is 10.6. The maximum atomic E-state index is 11.9. The molecular weight excluding hydrogens is 280 g/mol. The second-order valence-electron chi connectivity index (χ2n) is 4.27. The van der Waals surface area contributed by atoms with Crippen molar-refractivity contribution in [3.8, 4) is 5.75 Å². The van der Waals surface area contributed by atoms with Gasteiger partial charge in [-0.05, 0) is 38.1 Å². The number of urea groups is 1. The van der Waals surface area contributed by atoms with Crippen LogP contribution in [0.15, 0.2) is 40.8 Å². The van der Waals surface area contributed by atoms with Gasteiger partial charge in [0, 0.05) is 6.54 Å². The van der Waals surface area contributed by atoms with E-state index in [1.165, 1.54) is 31.4 Å². The van der Waals surface area contributed by atoms with Crippen molar-refractivity contribution in [2.75, 3.05) is 13.7 Å². The summed E-state index contributed by atoms with van der Waals surface area (Å²) < 4.78 is 30.7. The van der Waals surface area contributed by atoms with Gasteiger partial charge in [0.05, 0.1) is 12.0 Å². The van der Waals surface area contributed by atoms with E-state index in [1.54, 1.807) is 6.08 Å². The van der Waals surface area contributed by atoms with Crippen LogP contribution >= 0.6 is 0 Å². The number of benzene rings is 1. The summed E-state index contributed by atoms with van der Waals surface area (Å²) in [5, 5.41) is 2.43. The standard InChI is InChI=1S/C13H18N2O4S/c1-10(2)8-9-14-13(16)15-20(17,18)12-6-4-11(19-3)5-7-12/h4-8H,9H2,1-3H3,(H2,14,15,16). The van der Waals surface area contributed by atoms with Gasteiger partial charge in [0.2, 0.25) is 0 Å². The van der Waals surface area contributed by atoms with E-state index < -0.39 is 16.1 Å². The first-order chi connectivity index (χ1) is 9.35. The Kier molecular flexibility index (Phi) is 5.57.